The fourth-order valence-corrected chi connectivity index (χ4v) is 2.46. The summed E-state index contributed by atoms with van der Waals surface area (Å²) in [5.41, 5.74) is 1.79. The third-order valence-corrected chi connectivity index (χ3v) is 3.67. The van der Waals surface area contributed by atoms with Gasteiger partial charge < -0.3 is 9.64 Å². The molecule has 0 aromatic heterocycles. The molecule has 0 aliphatic heterocycles. The molecule has 0 spiro atoms. The molecule has 0 fully saturated rings. The van der Waals surface area contributed by atoms with Crippen LogP contribution in [0.1, 0.15) is 15.9 Å². The van der Waals surface area contributed by atoms with Crippen molar-refractivity contribution in [2.75, 3.05) is 14.2 Å². The van der Waals surface area contributed by atoms with Crippen molar-refractivity contribution in [3.63, 3.8) is 0 Å². The summed E-state index contributed by atoms with van der Waals surface area (Å²) in [6, 6.07) is 15.4. The Balaban J connectivity index is 2.07. The van der Waals surface area contributed by atoms with Crippen molar-refractivity contribution in [1.82, 2.24) is 4.90 Å². The molecule has 1 amide bonds. The number of ether oxygens (including phenoxy) is 1. The normalized spacial score (nSPS) is 10.2. The Morgan fingerprint density at radius 1 is 1.20 bits per heavy atom. The summed E-state index contributed by atoms with van der Waals surface area (Å²) in [7, 11) is 3.45. The second-order valence-corrected chi connectivity index (χ2v) is 5.77. The van der Waals surface area contributed by atoms with Gasteiger partial charge in [0.2, 0.25) is 0 Å². The molecule has 0 unspecified atom stereocenters. The molecule has 2 aromatic carbocycles. The molecule has 0 radical (unpaired) electrons. The largest absolute Gasteiger partial charge is 0.497 e. The van der Waals surface area contributed by atoms with Gasteiger partial charge in [-0.15, -0.1) is 0 Å². The number of hydrogen-bond acceptors (Lipinski definition) is 2. The van der Waals surface area contributed by atoms with Gasteiger partial charge in [0.1, 0.15) is 5.75 Å². The van der Waals surface area contributed by atoms with Crippen molar-refractivity contribution in [3.8, 4) is 5.75 Å². The van der Waals surface area contributed by atoms with Gasteiger partial charge in [-0.1, -0.05) is 18.2 Å². The number of benzene rings is 2. The van der Waals surface area contributed by atoms with E-state index in [0.717, 1.165) is 14.9 Å². The van der Waals surface area contributed by atoms with E-state index in [-0.39, 0.29) is 5.91 Å². The highest BCUT2D eigenvalue weighted by atomic mass is 127. The molecule has 3 nitrogen and oxygen atoms in total. The molecule has 0 heterocycles. The molecule has 0 saturated heterocycles. The Morgan fingerprint density at radius 2 is 1.90 bits per heavy atom. The lowest BCUT2D eigenvalue weighted by atomic mass is 10.1. The highest BCUT2D eigenvalue weighted by Gasteiger charge is 2.12. The minimum Gasteiger partial charge on any atom is -0.497 e. The molecule has 0 aliphatic rings. The Hall–Kier alpha value is -1.56. The van der Waals surface area contributed by atoms with Gasteiger partial charge in [0.05, 0.1) is 7.11 Å². The quantitative estimate of drug-likeness (QED) is 0.758. The molecular weight excluding hydrogens is 365 g/mol. The molecule has 4 heteroatoms. The van der Waals surface area contributed by atoms with E-state index in [9.17, 15) is 4.79 Å². The van der Waals surface area contributed by atoms with E-state index in [0.29, 0.717) is 12.1 Å². The van der Waals surface area contributed by atoms with Crippen molar-refractivity contribution in [3.05, 3.63) is 63.2 Å². The van der Waals surface area contributed by atoms with Crippen molar-refractivity contribution in [2.45, 2.75) is 6.54 Å². The van der Waals surface area contributed by atoms with Gasteiger partial charge in [-0.25, -0.2) is 0 Å². The smallest absolute Gasteiger partial charge is 0.253 e. The number of rotatable bonds is 4. The highest BCUT2D eigenvalue weighted by Crippen LogP contribution is 2.14. The zero-order valence-electron chi connectivity index (χ0n) is 11.5. The van der Waals surface area contributed by atoms with Crippen molar-refractivity contribution < 1.29 is 9.53 Å². The van der Waals surface area contributed by atoms with Crippen molar-refractivity contribution in [1.29, 1.82) is 0 Å². The Morgan fingerprint density at radius 3 is 2.50 bits per heavy atom. The first-order valence-electron chi connectivity index (χ1n) is 6.24. The Bertz CT molecular complexity index is 596. The van der Waals surface area contributed by atoms with E-state index < -0.39 is 0 Å². The number of hydrogen-bond donors (Lipinski definition) is 0. The summed E-state index contributed by atoms with van der Waals surface area (Å²) in [4.78, 5) is 14.0. The van der Waals surface area contributed by atoms with Crippen LogP contribution < -0.4 is 4.74 Å². The third-order valence-electron chi connectivity index (χ3n) is 3.00. The fourth-order valence-electron chi connectivity index (χ4n) is 1.92. The van der Waals surface area contributed by atoms with Gasteiger partial charge in [-0.2, -0.15) is 0 Å². The number of amides is 1. The van der Waals surface area contributed by atoms with Gasteiger partial charge in [0.15, 0.2) is 0 Å². The van der Waals surface area contributed by atoms with Crippen molar-refractivity contribution >= 4 is 28.5 Å². The van der Waals surface area contributed by atoms with Gasteiger partial charge in [0.25, 0.3) is 5.91 Å². The van der Waals surface area contributed by atoms with Crippen LogP contribution in [0.15, 0.2) is 48.5 Å². The second kappa shape index (κ2) is 6.74. The predicted molar refractivity (Wildman–Crippen MR) is 88.0 cm³/mol. The minimum absolute atomic E-state index is 0.0272. The second-order valence-electron chi connectivity index (χ2n) is 4.52. The summed E-state index contributed by atoms with van der Waals surface area (Å²) in [5, 5.41) is 0. The SMILES string of the molecule is COc1ccc(CN(C)C(=O)c2cccc(I)c2)cc1. The summed E-state index contributed by atoms with van der Waals surface area (Å²) in [6.45, 7) is 0.578. The van der Waals surface area contributed by atoms with Crippen LogP contribution in [0.4, 0.5) is 0 Å². The molecule has 104 valence electrons. The lowest BCUT2D eigenvalue weighted by Gasteiger charge is -2.17. The van der Waals surface area contributed by atoms with Crippen LogP contribution in [0.2, 0.25) is 0 Å². The molecule has 0 saturated carbocycles. The van der Waals surface area contributed by atoms with E-state index in [1.165, 1.54) is 0 Å². The van der Waals surface area contributed by atoms with Crippen LogP contribution in [0.5, 0.6) is 5.75 Å². The first kappa shape index (κ1) is 14.8. The lowest BCUT2D eigenvalue weighted by molar-refractivity contribution is 0.0785. The number of nitrogens with zero attached hydrogens (tertiary/aromatic N) is 1. The maximum Gasteiger partial charge on any atom is 0.253 e. The first-order chi connectivity index (χ1) is 9.60. The number of carbonyl (C=O) groups is 1. The number of halogens is 1. The molecule has 2 aromatic rings. The molecule has 0 aliphatic carbocycles. The third kappa shape index (κ3) is 3.72. The maximum atomic E-state index is 12.3. The van der Waals surface area contributed by atoms with Crippen molar-refractivity contribution in [2.24, 2.45) is 0 Å². The van der Waals surface area contributed by atoms with Gasteiger partial charge in [-0.3, -0.25) is 4.79 Å². The van der Waals surface area contributed by atoms with Crippen LogP contribution in [-0.4, -0.2) is 25.0 Å². The monoisotopic (exact) mass is 381 g/mol. The molecular formula is C16H16INO2. The average molecular weight is 381 g/mol. The van der Waals surface area contributed by atoms with E-state index in [2.05, 4.69) is 22.6 Å². The minimum atomic E-state index is 0.0272. The predicted octanol–water partition coefficient (Wildman–Crippen LogP) is 3.57. The average Bonchev–Trinajstić information content (AvgIpc) is 2.47. The van der Waals surface area contributed by atoms with Gasteiger partial charge in [-0.05, 0) is 58.5 Å². The summed E-state index contributed by atoms with van der Waals surface area (Å²) in [5.74, 6) is 0.847. The van der Waals surface area contributed by atoms with Crippen LogP contribution in [0.25, 0.3) is 0 Å². The van der Waals surface area contributed by atoms with Crippen LogP contribution in [0.3, 0.4) is 0 Å². The number of methoxy groups -OCH3 is 1. The van der Waals surface area contributed by atoms with E-state index in [1.54, 1.807) is 12.0 Å². The summed E-state index contributed by atoms with van der Waals surface area (Å²) >= 11 is 2.21. The fraction of sp³-hybridized carbons (Fsp3) is 0.188. The Kier molecular flexibility index (Phi) is 5.00. The van der Waals surface area contributed by atoms with E-state index >= 15 is 0 Å². The zero-order valence-corrected chi connectivity index (χ0v) is 13.6. The van der Waals surface area contributed by atoms with Crippen LogP contribution in [-0.2, 0) is 6.54 Å². The van der Waals surface area contributed by atoms with Gasteiger partial charge >= 0.3 is 0 Å². The van der Waals surface area contributed by atoms with E-state index in [4.69, 9.17) is 4.74 Å². The maximum absolute atomic E-state index is 12.3. The lowest BCUT2D eigenvalue weighted by Crippen LogP contribution is -2.26. The summed E-state index contributed by atoms with van der Waals surface area (Å²) in [6.07, 6.45) is 0. The highest BCUT2D eigenvalue weighted by molar-refractivity contribution is 14.1. The molecule has 20 heavy (non-hydrogen) atoms. The summed E-state index contributed by atoms with van der Waals surface area (Å²) < 4.78 is 6.18. The standard InChI is InChI=1S/C16H16INO2/c1-18(11-12-6-8-15(20-2)9-7-12)16(19)13-4-3-5-14(17)10-13/h3-10H,11H2,1-2H3. The van der Waals surface area contributed by atoms with Crippen LogP contribution in [0, 0.1) is 3.57 Å². The topological polar surface area (TPSA) is 29.5 Å². The number of carbonyl (C=O) groups excluding carboxylic acids is 1. The zero-order chi connectivity index (χ0) is 14.5. The molecule has 0 bridgehead atoms. The molecule has 2 rings (SSSR count). The van der Waals surface area contributed by atoms with Crippen LogP contribution >= 0.6 is 22.6 Å². The Labute approximate surface area is 132 Å². The van der Waals surface area contributed by atoms with Gasteiger partial charge in [0, 0.05) is 22.7 Å². The first-order valence-corrected chi connectivity index (χ1v) is 7.32. The molecule has 0 N–H and O–H groups in total. The van der Waals surface area contributed by atoms with E-state index in [1.807, 2.05) is 55.6 Å². The molecule has 0 atom stereocenters.